The Morgan fingerprint density at radius 3 is 2.33 bits per heavy atom. The number of nitrogens with zero attached hydrogens (tertiary/aromatic N) is 2. The van der Waals surface area contributed by atoms with Gasteiger partial charge in [0.1, 0.15) is 40.5 Å². The number of aromatic nitrogens is 1. The monoisotopic (exact) mass is 796 g/mol. The maximum Gasteiger partial charge on any atom is 0.307 e. The zero-order chi connectivity index (χ0) is 41.1. The molecule has 2 fully saturated rings. The van der Waals surface area contributed by atoms with E-state index in [0.29, 0.717) is 28.1 Å². The van der Waals surface area contributed by atoms with Gasteiger partial charge in [0.2, 0.25) is 11.8 Å². The van der Waals surface area contributed by atoms with Crippen molar-refractivity contribution >= 4 is 44.3 Å². The lowest BCUT2D eigenvalue weighted by Crippen LogP contribution is -2.55. The average Bonchev–Trinajstić information content (AvgIpc) is 3.75. The van der Waals surface area contributed by atoms with Crippen LogP contribution in [0.4, 0.5) is 0 Å². The summed E-state index contributed by atoms with van der Waals surface area (Å²) in [7, 11) is -2.47. The summed E-state index contributed by atoms with van der Waals surface area (Å²) in [6.07, 6.45) is 0.604. The Hall–Kier alpha value is -5.60. The van der Waals surface area contributed by atoms with E-state index in [1.54, 1.807) is 64.3 Å². The highest BCUT2D eigenvalue weighted by molar-refractivity contribution is 7.92. The van der Waals surface area contributed by atoms with Crippen molar-refractivity contribution < 1.29 is 41.8 Å². The molecule has 1 saturated carbocycles. The maximum atomic E-state index is 14.4. The van der Waals surface area contributed by atoms with Crippen LogP contribution in [0.15, 0.2) is 102 Å². The second kappa shape index (κ2) is 16.5. The minimum absolute atomic E-state index is 0.00723. The van der Waals surface area contributed by atoms with Gasteiger partial charge in [-0.2, -0.15) is 0 Å². The van der Waals surface area contributed by atoms with E-state index in [-0.39, 0.29) is 37.2 Å². The molecule has 2 aliphatic rings. The zero-order valence-electron chi connectivity index (χ0n) is 32.5. The third-order valence-electron chi connectivity index (χ3n) is 10.2. The van der Waals surface area contributed by atoms with Crippen LogP contribution in [0, 0.1) is 11.8 Å². The topological polar surface area (TPSA) is 184 Å². The molecular formula is C43H48N4O9S. The van der Waals surface area contributed by atoms with E-state index < -0.39 is 74.3 Å². The van der Waals surface area contributed by atoms with Crippen LogP contribution >= 0.6 is 0 Å². The molecule has 1 saturated heterocycles. The van der Waals surface area contributed by atoms with Crippen LogP contribution in [0.1, 0.15) is 40.0 Å². The Balaban J connectivity index is 1.32. The van der Waals surface area contributed by atoms with Crippen molar-refractivity contribution in [3.05, 3.63) is 97.6 Å². The van der Waals surface area contributed by atoms with E-state index in [1.165, 1.54) is 23.1 Å². The summed E-state index contributed by atoms with van der Waals surface area (Å²) in [6, 6.07) is 23.2. The number of ketones is 1. The molecule has 0 bridgehead atoms. The van der Waals surface area contributed by atoms with Crippen LogP contribution in [0.3, 0.4) is 0 Å². The number of fused-ring (bicyclic) bond motifs is 1. The second-order valence-electron chi connectivity index (χ2n) is 15.5. The highest BCUT2D eigenvalue weighted by atomic mass is 32.2. The number of Topliss-reactive ketones (excluding diaryl/α,β-unsaturated/α-hetero) is 1. The van der Waals surface area contributed by atoms with Gasteiger partial charge in [-0.05, 0) is 51.5 Å². The number of hydrogen-bond donors (Lipinski definition) is 2. The number of ether oxygens (including phenoxy) is 3. The number of carbonyl (C=O) groups is 4. The number of benzene rings is 3. The SMILES string of the molecule is C=C[C@@H]1C[C@]1(NC(=O)[C@@H]1CC(Oc2cc(-c3ccccc3)nc3cc(OC)ccc23)CN1C(=O)[C@H](CN)CC(=O)OC(C)(C)C)C(=O)CS(=O)(=O)c1ccccc1. The Morgan fingerprint density at radius 1 is 1.04 bits per heavy atom. The predicted octanol–water partition coefficient (Wildman–Crippen LogP) is 4.67. The third kappa shape index (κ3) is 9.18. The predicted molar refractivity (Wildman–Crippen MR) is 214 cm³/mol. The van der Waals surface area contributed by atoms with Crippen LogP contribution in [-0.4, -0.2) is 91.1 Å². The lowest BCUT2D eigenvalue weighted by molar-refractivity contribution is -0.158. The van der Waals surface area contributed by atoms with Gasteiger partial charge in [-0.25, -0.2) is 13.4 Å². The van der Waals surface area contributed by atoms with E-state index in [4.69, 9.17) is 24.9 Å². The molecule has 5 atom stereocenters. The van der Waals surface area contributed by atoms with Crippen molar-refractivity contribution in [1.29, 1.82) is 0 Å². The number of amides is 2. The highest BCUT2D eigenvalue weighted by Crippen LogP contribution is 2.46. The summed E-state index contributed by atoms with van der Waals surface area (Å²) in [5.74, 6) is -3.90. The van der Waals surface area contributed by atoms with Crippen molar-refractivity contribution in [1.82, 2.24) is 15.2 Å². The molecule has 1 aliphatic heterocycles. The molecule has 300 valence electrons. The van der Waals surface area contributed by atoms with E-state index in [1.807, 2.05) is 36.4 Å². The van der Waals surface area contributed by atoms with Crippen molar-refractivity contribution in [2.24, 2.45) is 17.6 Å². The number of nitrogens with one attached hydrogen (secondary N) is 1. The normalized spacial score (nSPS) is 21.0. The van der Waals surface area contributed by atoms with Crippen LogP contribution in [-0.2, 0) is 33.8 Å². The standard InChI is InChI=1S/C43H48N4O9S/c1-6-29-23-43(29,38(48)26-57(52,53)32-15-11-8-12-16-32)46-40(50)36-21-31(25-47(36)41(51)28(24-44)19-39(49)56-42(2,3)4)55-37-22-34(27-13-9-7-10-14-27)45-35-20-30(54-5)17-18-33(35)37/h6-18,20,22,28-29,31,36H,1,19,21,23-26,44H2,2-5H3,(H,46,50)/t28-,29+,31?,36-,43+/m0/s1. The molecule has 57 heavy (non-hydrogen) atoms. The molecule has 0 spiro atoms. The Morgan fingerprint density at radius 2 is 1.72 bits per heavy atom. The van der Waals surface area contributed by atoms with Crippen molar-refractivity contribution in [2.75, 3.05) is 26.0 Å². The zero-order valence-corrected chi connectivity index (χ0v) is 33.3. The van der Waals surface area contributed by atoms with Gasteiger partial charge in [-0.3, -0.25) is 19.2 Å². The first-order valence-electron chi connectivity index (χ1n) is 18.8. The fraction of sp³-hybridized carbons (Fsp3) is 0.372. The van der Waals surface area contributed by atoms with E-state index in [0.717, 1.165) is 5.56 Å². The number of methoxy groups -OCH3 is 1. The molecule has 2 heterocycles. The molecule has 4 aromatic rings. The number of sulfone groups is 1. The second-order valence-corrected chi connectivity index (χ2v) is 17.5. The number of carbonyl (C=O) groups excluding carboxylic acids is 4. The molecule has 6 rings (SSSR count). The van der Waals surface area contributed by atoms with Gasteiger partial charge in [-0.1, -0.05) is 54.6 Å². The lowest BCUT2D eigenvalue weighted by Gasteiger charge is -2.29. The van der Waals surface area contributed by atoms with Crippen molar-refractivity contribution in [3.8, 4) is 22.8 Å². The summed E-state index contributed by atoms with van der Waals surface area (Å²) in [5.41, 5.74) is 5.79. The van der Waals surface area contributed by atoms with Crippen LogP contribution in [0.5, 0.6) is 11.5 Å². The highest BCUT2D eigenvalue weighted by Gasteiger charge is 2.61. The molecule has 0 radical (unpaired) electrons. The molecule has 2 amide bonds. The van der Waals surface area contributed by atoms with Crippen LogP contribution in [0.25, 0.3) is 22.2 Å². The number of nitrogens with two attached hydrogens (primary N) is 1. The molecule has 3 N–H and O–H groups in total. The summed E-state index contributed by atoms with van der Waals surface area (Å²) >= 11 is 0. The number of rotatable bonds is 15. The fourth-order valence-corrected chi connectivity index (χ4v) is 8.57. The smallest absolute Gasteiger partial charge is 0.307 e. The molecule has 14 heteroatoms. The number of esters is 1. The van der Waals surface area contributed by atoms with Crippen molar-refractivity contribution in [2.45, 2.75) is 68.2 Å². The molecular weight excluding hydrogens is 749 g/mol. The van der Waals surface area contributed by atoms with Gasteiger partial charge in [0.05, 0.1) is 42.1 Å². The first-order chi connectivity index (χ1) is 27.1. The molecule has 1 aromatic heterocycles. The van der Waals surface area contributed by atoms with Gasteiger partial charge in [0.15, 0.2) is 15.6 Å². The van der Waals surface area contributed by atoms with Gasteiger partial charge in [0, 0.05) is 42.0 Å². The Kier molecular flexibility index (Phi) is 11.9. The first kappa shape index (κ1) is 41.0. The Bertz CT molecular complexity index is 2280. The Labute approximate surface area is 332 Å². The first-order valence-corrected chi connectivity index (χ1v) is 20.4. The van der Waals surface area contributed by atoms with Gasteiger partial charge < -0.3 is 30.2 Å². The van der Waals surface area contributed by atoms with Gasteiger partial charge in [-0.15, -0.1) is 6.58 Å². The molecule has 1 unspecified atom stereocenters. The third-order valence-corrected chi connectivity index (χ3v) is 11.9. The number of pyridine rings is 1. The fourth-order valence-electron chi connectivity index (χ4n) is 7.22. The van der Waals surface area contributed by atoms with E-state index >= 15 is 0 Å². The quantitative estimate of drug-likeness (QED) is 0.126. The number of hydrogen-bond acceptors (Lipinski definition) is 11. The van der Waals surface area contributed by atoms with E-state index in [9.17, 15) is 27.6 Å². The van der Waals surface area contributed by atoms with Crippen LogP contribution in [0.2, 0.25) is 0 Å². The van der Waals surface area contributed by atoms with Gasteiger partial charge in [0.25, 0.3) is 0 Å². The van der Waals surface area contributed by atoms with Gasteiger partial charge >= 0.3 is 5.97 Å². The van der Waals surface area contributed by atoms with Crippen molar-refractivity contribution in [3.63, 3.8) is 0 Å². The summed E-state index contributed by atoms with van der Waals surface area (Å²) in [6.45, 7) is 8.68. The lowest BCUT2D eigenvalue weighted by atomic mass is 10.0. The largest absolute Gasteiger partial charge is 0.497 e. The molecule has 3 aromatic carbocycles. The average molecular weight is 797 g/mol. The minimum atomic E-state index is -4.03. The summed E-state index contributed by atoms with van der Waals surface area (Å²) in [4.78, 5) is 61.6. The van der Waals surface area contributed by atoms with E-state index in [2.05, 4.69) is 11.9 Å². The molecule has 1 aliphatic carbocycles. The maximum absolute atomic E-state index is 14.4. The summed E-state index contributed by atoms with van der Waals surface area (Å²) < 4.78 is 44.1. The summed E-state index contributed by atoms with van der Waals surface area (Å²) in [5, 5.41) is 3.50. The minimum Gasteiger partial charge on any atom is -0.497 e. The number of likely N-dealkylation sites (tertiary alicyclic amines) is 1. The molecule has 13 nitrogen and oxygen atoms in total. The van der Waals surface area contributed by atoms with Crippen LogP contribution < -0.4 is 20.5 Å².